The molecule has 24 heavy (non-hydrogen) atoms. The second kappa shape index (κ2) is 6.65. The van der Waals surface area contributed by atoms with E-state index in [1.807, 2.05) is 31.2 Å². The molecule has 1 aliphatic rings. The van der Waals surface area contributed by atoms with Crippen molar-refractivity contribution in [1.82, 2.24) is 4.72 Å². The highest BCUT2D eigenvalue weighted by Crippen LogP contribution is 2.33. The Bertz CT molecular complexity index is 844. The first-order valence-corrected chi connectivity index (χ1v) is 9.37. The maximum Gasteiger partial charge on any atom is 0.264 e. The van der Waals surface area contributed by atoms with Crippen LogP contribution in [-0.4, -0.2) is 20.9 Å². The smallest absolute Gasteiger partial charge is 0.264 e. The number of aryl methyl sites for hydroxylation is 1. The molecule has 0 saturated carbocycles. The Balaban J connectivity index is 1.76. The lowest BCUT2D eigenvalue weighted by atomic mass is 10.0. The molecule has 2 aromatic rings. The molecule has 0 fully saturated rings. The quantitative estimate of drug-likeness (QED) is 0.904. The lowest BCUT2D eigenvalue weighted by molar-refractivity contribution is -0.120. The molecule has 0 aliphatic heterocycles. The number of ether oxygens (including phenoxy) is 1. The summed E-state index contributed by atoms with van der Waals surface area (Å²) in [5.74, 6) is -0.306. The fourth-order valence-corrected chi connectivity index (χ4v) is 3.99. The Morgan fingerprint density at radius 1 is 1.17 bits per heavy atom. The van der Waals surface area contributed by atoms with Gasteiger partial charge in [0.25, 0.3) is 10.0 Å². The van der Waals surface area contributed by atoms with Crippen molar-refractivity contribution in [3.63, 3.8) is 0 Å². The van der Waals surface area contributed by atoms with Crippen molar-refractivity contribution < 1.29 is 17.9 Å². The van der Waals surface area contributed by atoms with E-state index in [1.54, 1.807) is 12.1 Å². The summed E-state index contributed by atoms with van der Waals surface area (Å²) in [5.41, 5.74) is 2.02. The molecule has 1 N–H and O–H groups in total. The van der Waals surface area contributed by atoms with Crippen LogP contribution in [0, 0.1) is 0 Å². The number of fused-ring (bicyclic) bond motifs is 1. The number of amides is 1. The summed E-state index contributed by atoms with van der Waals surface area (Å²) in [6.45, 7) is 2.36. The van der Waals surface area contributed by atoms with E-state index in [0.717, 1.165) is 17.5 Å². The Kier molecular flexibility index (Phi) is 4.57. The minimum Gasteiger partial charge on any atom is -0.494 e. The molecule has 6 heteroatoms. The SMILES string of the molecule is CCOc1ccc(S(=O)(=O)NC(=O)C2CCc3ccccc32)cc1. The second-order valence-electron chi connectivity index (χ2n) is 5.66. The Morgan fingerprint density at radius 2 is 1.88 bits per heavy atom. The van der Waals surface area contributed by atoms with E-state index in [-0.39, 0.29) is 4.90 Å². The van der Waals surface area contributed by atoms with Crippen molar-refractivity contribution in [1.29, 1.82) is 0 Å². The Labute approximate surface area is 141 Å². The van der Waals surface area contributed by atoms with Crippen molar-refractivity contribution in [3.05, 3.63) is 59.7 Å². The van der Waals surface area contributed by atoms with Gasteiger partial charge in [0, 0.05) is 0 Å². The van der Waals surface area contributed by atoms with Gasteiger partial charge in [0.2, 0.25) is 5.91 Å². The Hall–Kier alpha value is -2.34. The summed E-state index contributed by atoms with van der Waals surface area (Å²) in [6, 6.07) is 13.7. The van der Waals surface area contributed by atoms with Crippen molar-refractivity contribution in [3.8, 4) is 5.75 Å². The molecule has 1 aliphatic carbocycles. The zero-order valence-electron chi connectivity index (χ0n) is 13.4. The first kappa shape index (κ1) is 16.5. The van der Waals surface area contributed by atoms with E-state index in [4.69, 9.17) is 4.74 Å². The van der Waals surface area contributed by atoms with Crippen molar-refractivity contribution >= 4 is 15.9 Å². The molecule has 0 aromatic heterocycles. The molecule has 1 unspecified atom stereocenters. The molecule has 2 aromatic carbocycles. The maximum absolute atomic E-state index is 12.5. The number of hydrogen-bond acceptors (Lipinski definition) is 4. The third-order valence-electron chi connectivity index (χ3n) is 4.13. The summed E-state index contributed by atoms with van der Waals surface area (Å²) >= 11 is 0. The van der Waals surface area contributed by atoms with Gasteiger partial charge in [-0.15, -0.1) is 0 Å². The van der Waals surface area contributed by atoms with Gasteiger partial charge in [-0.2, -0.15) is 0 Å². The second-order valence-corrected chi connectivity index (χ2v) is 7.35. The molecule has 0 heterocycles. The largest absolute Gasteiger partial charge is 0.494 e. The highest BCUT2D eigenvalue weighted by atomic mass is 32.2. The number of rotatable bonds is 5. The van der Waals surface area contributed by atoms with Gasteiger partial charge in [-0.05, 0) is 55.2 Å². The first-order valence-electron chi connectivity index (χ1n) is 7.88. The summed E-state index contributed by atoms with van der Waals surface area (Å²) in [6.07, 6.45) is 1.42. The fourth-order valence-electron chi connectivity index (χ4n) is 2.97. The van der Waals surface area contributed by atoms with Gasteiger partial charge in [0.1, 0.15) is 5.75 Å². The van der Waals surface area contributed by atoms with Crippen LogP contribution in [0.15, 0.2) is 53.4 Å². The topological polar surface area (TPSA) is 72.5 Å². The van der Waals surface area contributed by atoms with Crippen LogP contribution in [0.25, 0.3) is 0 Å². The van der Waals surface area contributed by atoms with E-state index < -0.39 is 21.8 Å². The van der Waals surface area contributed by atoms with Crippen molar-refractivity contribution in [2.75, 3.05) is 6.61 Å². The van der Waals surface area contributed by atoms with Crippen LogP contribution in [0.1, 0.15) is 30.4 Å². The molecule has 0 bridgehead atoms. The summed E-state index contributed by atoms with van der Waals surface area (Å²) in [4.78, 5) is 12.5. The van der Waals surface area contributed by atoms with E-state index >= 15 is 0 Å². The zero-order chi connectivity index (χ0) is 17.2. The molecule has 126 valence electrons. The normalized spacial score (nSPS) is 16.5. The van der Waals surface area contributed by atoms with E-state index in [0.29, 0.717) is 18.8 Å². The van der Waals surface area contributed by atoms with Crippen LogP contribution in [0.2, 0.25) is 0 Å². The van der Waals surface area contributed by atoms with Crippen LogP contribution in [0.5, 0.6) is 5.75 Å². The van der Waals surface area contributed by atoms with Gasteiger partial charge in [-0.3, -0.25) is 4.79 Å². The molecular weight excluding hydrogens is 326 g/mol. The Morgan fingerprint density at radius 3 is 2.58 bits per heavy atom. The summed E-state index contributed by atoms with van der Waals surface area (Å²) < 4.78 is 32.3. The molecule has 1 amide bonds. The van der Waals surface area contributed by atoms with Gasteiger partial charge < -0.3 is 4.74 Å². The van der Waals surface area contributed by atoms with Crippen LogP contribution in [0.4, 0.5) is 0 Å². The monoisotopic (exact) mass is 345 g/mol. The highest BCUT2D eigenvalue weighted by Gasteiger charge is 2.31. The number of sulfonamides is 1. The first-order chi connectivity index (χ1) is 11.5. The predicted molar refractivity (Wildman–Crippen MR) is 90.4 cm³/mol. The summed E-state index contributed by atoms with van der Waals surface area (Å²) in [5, 5.41) is 0. The number of hydrogen-bond donors (Lipinski definition) is 1. The number of carbonyl (C=O) groups is 1. The lowest BCUT2D eigenvalue weighted by Gasteiger charge is -2.13. The molecule has 0 saturated heterocycles. The van der Waals surface area contributed by atoms with Crippen molar-refractivity contribution in [2.45, 2.75) is 30.6 Å². The lowest BCUT2D eigenvalue weighted by Crippen LogP contribution is -2.34. The summed E-state index contributed by atoms with van der Waals surface area (Å²) in [7, 11) is -3.89. The fraction of sp³-hybridized carbons (Fsp3) is 0.278. The minimum atomic E-state index is -3.89. The minimum absolute atomic E-state index is 0.0468. The molecule has 0 radical (unpaired) electrons. The third kappa shape index (κ3) is 3.28. The number of carbonyl (C=O) groups excluding carboxylic acids is 1. The molecule has 0 spiro atoms. The van der Waals surface area contributed by atoms with Crippen LogP contribution >= 0.6 is 0 Å². The van der Waals surface area contributed by atoms with Gasteiger partial charge in [0.05, 0.1) is 17.4 Å². The van der Waals surface area contributed by atoms with Gasteiger partial charge >= 0.3 is 0 Å². The third-order valence-corrected chi connectivity index (χ3v) is 5.49. The molecular formula is C18H19NO4S. The maximum atomic E-state index is 12.5. The highest BCUT2D eigenvalue weighted by molar-refractivity contribution is 7.90. The predicted octanol–water partition coefficient (Wildman–Crippen LogP) is 2.62. The van der Waals surface area contributed by atoms with Gasteiger partial charge in [-0.1, -0.05) is 24.3 Å². The number of benzene rings is 2. The average molecular weight is 345 g/mol. The average Bonchev–Trinajstić information content (AvgIpc) is 2.99. The van der Waals surface area contributed by atoms with E-state index in [2.05, 4.69) is 4.72 Å². The number of nitrogens with one attached hydrogen (secondary N) is 1. The van der Waals surface area contributed by atoms with Gasteiger partial charge in [0.15, 0.2) is 0 Å². The molecule has 5 nitrogen and oxygen atoms in total. The van der Waals surface area contributed by atoms with Crippen molar-refractivity contribution in [2.24, 2.45) is 0 Å². The van der Waals surface area contributed by atoms with Crippen LogP contribution in [-0.2, 0) is 21.2 Å². The van der Waals surface area contributed by atoms with Crippen LogP contribution in [0.3, 0.4) is 0 Å². The molecule has 3 rings (SSSR count). The van der Waals surface area contributed by atoms with Gasteiger partial charge in [-0.25, -0.2) is 13.1 Å². The molecule has 1 atom stereocenters. The zero-order valence-corrected chi connectivity index (χ0v) is 14.2. The van der Waals surface area contributed by atoms with E-state index in [9.17, 15) is 13.2 Å². The van der Waals surface area contributed by atoms with Crippen LogP contribution < -0.4 is 9.46 Å². The standard InChI is InChI=1S/C18H19NO4S/c1-2-23-14-8-10-15(11-9-14)24(21,22)19-18(20)17-12-7-13-5-3-4-6-16(13)17/h3-6,8-11,17H,2,7,12H2,1H3,(H,19,20). The van der Waals surface area contributed by atoms with E-state index in [1.165, 1.54) is 12.1 Å².